The molecule has 1 unspecified atom stereocenters. The van der Waals surface area contributed by atoms with Gasteiger partial charge in [0.05, 0.1) is 11.5 Å². The second-order valence-corrected chi connectivity index (χ2v) is 21.9. The van der Waals surface area contributed by atoms with Gasteiger partial charge < -0.3 is 29.3 Å². The molecule has 5 fully saturated rings. The summed E-state index contributed by atoms with van der Waals surface area (Å²) in [6.07, 6.45) is 0.726. The summed E-state index contributed by atoms with van der Waals surface area (Å²) in [6, 6.07) is 12.1. The number of fused-ring (bicyclic) bond motifs is 2. The quantitative estimate of drug-likeness (QED) is 0.0873. The molecule has 0 radical (unpaired) electrons. The lowest BCUT2D eigenvalue weighted by molar-refractivity contribution is -0.154. The van der Waals surface area contributed by atoms with E-state index < -0.39 is 62.4 Å². The maximum atomic E-state index is 16.2. The molecule has 3 amide bonds. The topological polar surface area (TPSA) is 138 Å². The molecule has 1 aromatic heterocycles. The van der Waals surface area contributed by atoms with Crippen molar-refractivity contribution < 1.29 is 55.0 Å². The van der Waals surface area contributed by atoms with Crippen LogP contribution in [0.1, 0.15) is 117 Å². The molecule has 3 saturated heterocycles. The van der Waals surface area contributed by atoms with E-state index in [1.807, 2.05) is 30.1 Å². The van der Waals surface area contributed by atoms with E-state index in [1.54, 1.807) is 11.8 Å². The molecule has 2 aliphatic carbocycles. The minimum absolute atomic E-state index is 0.00823. The first-order valence-corrected chi connectivity index (χ1v) is 25.2. The third-order valence-electron chi connectivity index (χ3n) is 14.1. The van der Waals surface area contributed by atoms with Crippen LogP contribution in [0.15, 0.2) is 54.6 Å². The predicted octanol–water partition coefficient (Wildman–Crippen LogP) is 8.56. The average Bonchev–Trinajstić information content (AvgIpc) is 3.55. The Balaban J connectivity index is 1.02. The molecule has 2 saturated carbocycles. The number of carbonyl (C=O) groups excluding carboxylic acids is 4. The molecular formula is C46H57F5N5O7PS. The third kappa shape index (κ3) is 10.2. The van der Waals surface area contributed by atoms with Crippen molar-refractivity contribution in [3.05, 3.63) is 70.6 Å². The van der Waals surface area contributed by atoms with Crippen LogP contribution in [0, 0.1) is 0 Å². The SMILES string of the molecule is CCCOC(=O)[C@H](C)NP(=O)(OCC(F)(F)F)[C@H](F)c1ccc2sc(C(=O)N[C@H]3CC[C@H](N(C)C4CC(F)C4)C[C@H]4CC[C@@H](C(=O)N5C[C@H](c6ccccc6)CC56CC6)N4C3=O)cc2c1. The van der Waals surface area contributed by atoms with Gasteiger partial charge in [-0.2, -0.15) is 13.2 Å². The molecule has 1 spiro atoms. The number of amides is 3. The Bertz CT molecular complexity index is 2290. The average molecular weight is 950 g/mol. The second kappa shape index (κ2) is 19.0. The molecule has 3 aromatic rings. The molecule has 2 aromatic carbocycles. The number of likely N-dealkylation sites (tertiary alicyclic amines) is 1. The van der Waals surface area contributed by atoms with Crippen molar-refractivity contribution in [1.82, 2.24) is 25.1 Å². The van der Waals surface area contributed by atoms with E-state index in [0.29, 0.717) is 61.6 Å². The highest BCUT2D eigenvalue weighted by atomic mass is 32.1. The number of rotatable bonds is 15. The van der Waals surface area contributed by atoms with Crippen LogP contribution in [0.3, 0.4) is 0 Å². The summed E-state index contributed by atoms with van der Waals surface area (Å²) in [7, 11) is -3.09. The number of nitrogens with one attached hydrogen (secondary N) is 2. The van der Waals surface area contributed by atoms with Crippen molar-refractivity contribution in [2.24, 2.45) is 0 Å². The summed E-state index contributed by atoms with van der Waals surface area (Å²) in [5, 5.41) is 5.40. The molecule has 19 heteroatoms. The molecule has 354 valence electrons. The van der Waals surface area contributed by atoms with Gasteiger partial charge >= 0.3 is 19.7 Å². The molecule has 0 bridgehead atoms. The van der Waals surface area contributed by atoms with Crippen LogP contribution in [0.25, 0.3) is 10.1 Å². The number of alkyl halides is 5. The number of ether oxygens (including phenoxy) is 1. The van der Waals surface area contributed by atoms with E-state index in [4.69, 9.17) is 4.74 Å². The fourth-order valence-corrected chi connectivity index (χ4v) is 13.1. The molecule has 4 heterocycles. The van der Waals surface area contributed by atoms with E-state index in [2.05, 4.69) is 32.0 Å². The monoisotopic (exact) mass is 949 g/mol. The first kappa shape index (κ1) is 47.5. The predicted molar refractivity (Wildman–Crippen MR) is 235 cm³/mol. The Hall–Kier alpha value is -3.96. The Labute approximate surface area is 379 Å². The molecular weight excluding hydrogens is 893 g/mol. The van der Waals surface area contributed by atoms with Crippen molar-refractivity contribution in [1.29, 1.82) is 0 Å². The number of nitrogens with zero attached hydrogens (tertiary/aromatic N) is 3. The number of esters is 1. The van der Waals surface area contributed by atoms with Gasteiger partial charge in [-0.25, -0.2) is 13.9 Å². The van der Waals surface area contributed by atoms with E-state index in [0.717, 1.165) is 30.6 Å². The molecule has 12 nitrogen and oxygen atoms in total. The summed E-state index contributed by atoms with van der Waals surface area (Å²) < 4.78 is 94.0. The van der Waals surface area contributed by atoms with Crippen LogP contribution in [0.5, 0.6) is 0 Å². The van der Waals surface area contributed by atoms with Gasteiger partial charge in [0.1, 0.15) is 24.3 Å². The lowest BCUT2D eigenvalue weighted by atomic mass is 9.86. The van der Waals surface area contributed by atoms with Crippen LogP contribution in [0.4, 0.5) is 22.0 Å². The summed E-state index contributed by atoms with van der Waals surface area (Å²) in [5.41, 5.74) is 0.645. The number of hydrogen-bond acceptors (Lipinski definition) is 9. The first-order chi connectivity index (χ1) is 30.9. The van der Waals surface area contributed by atoms with E-state index in [1.165, 1.54) is 36.8 Å². The van der Waals surface area contributed by atoms with E-state index in [-0.39, 0.29) is 64.9 Å². The zero-order valence-corrected chi connectivity index (χ0v) is 38.4. The number of benzene rings is 2. The Morgan fingerprint density at radius 1 is 1.02 bits per heavy atom. The zero-order valence-electron chi connectivity index (χ0n) is 36.7. The lowest BCUT2D eigenvalue weighted by Crippen LogP contribution is -2.59. The van der Waals surface area contributed by atoms with Gasteiger partial charge in [-0.1, -0.05) is 43.3 Å². The van der Waals surface area contributed by atoms with Crippen molar-refractivity contribution in [2.45, 2.75) is 150 Å². The van der Waals surface area contributed by atoms with Crippen LogP contribution >= 0.6 is 18.9 Å². The highest BCUT2D eigenvalue weighted by Crippen LogP contribution is 2.59. The van der Waals surface area contributed by atoms with Crippen LogP contribution in [0.2, 0.25) is 0 Å². The fraction of sp³-hybridized carbons (Fsp3) is 0.609. The maximum Gasteiger partial charge on any atom is 0.412 e. The minimum atomic E-state index is -5.07. The Morgan fingerprint density at radius 3 is 2.43 bits per heavy atom. The molecule has 2 N–H and O–H groups in total. The summed E-state index contributed by atoms with van der Waals surface area (Å²) >= 11 is 1.05. The van der Waals surface area contributed by atoms with Crippen molar-refractivity contribution >= 4 is 52.6 Å². The summed E-state index contributed by atoms with van der Waals surface area (Å²) in [4.78, 5) is 62.2. The third-order valence-corrected chi connectivity index (χ3v) is 17.4. The minimum Gasteiger partial charge on any atom is -0.465 e. The fourth-order valence-electron chi connectivity index (χ4n) is 10.3. The van der Waals surface area contributed by atoms with Crippen LogP contribution in [-0.4, -0.2) is 119 Å². The van der Waals surface area contributed by atoms with E-state index >= 15 is 4.39 Å². The summed E-state index contributed by atoms with van der Waals surface area (Å²) in [6.45, 7) is 1.42. The molecule has 5 aliphatic rings. The smallest absolute Gasteiger partial charge is 0.412 e. The highest BCUT2D eigenvalue weighted by Gasteiger charge is 2.59. The Morgan fingerprint density at radius 2 is 1.75 bits per heavy atom. The molecule has 8 atom stereocenters. The van der Waals surface area contributed by atoms with E-state index in [9.17, 15) is 41.3 Å². The maximum absolute atomic E-state index is 16.2. The number of halogens is 5. The van der Waals surface area contributed by atoms with Crippen molar-refractivity contribution in [3.63, 3.8) is 0 Å². The van der Waals surface area contributed by atoms with Crippen LogP contribution < -0.4 is 10.4 Å². The van der Waals surface area contributed by atoms with Gasteiger partial charge in [-0.15, -0.1) is 11.3 Å². The van der Waals surface area contributed by atoms with Gasteiger partial charge in [0.15, 0.2) is 6.61 Å². The van der Waals surface area contributed by atoms with Gasteiger partial charge in [-0.3, -0.25) is 23.7 Å². The van der Waals surface area contributed by atoms with Gasteiger partial charge in [-0.05, 0) is 119 Å². The molecule has 8 rings (SSSR count). The summed E-state index contributed by atoms with van der Waals surface area (Å²) in [5.74, 6) is -4.39. The van der Waals surface area contributed by atoms with Gasteiger partial charge in [0.25, 0.3) is 5.91 Å². The van der Waals surface area contributed by atoms with Gasteiger partial charge in [0.2, 0.25) is 17.7 Å². The highest BCUT2D eigenvalue weighted by molar-refractivity contribution is 7.57. The molecule has 3 aliphatic heterocycles. The second-order valence-electron chi connectivity index (χ2n) is 18.6. The zero-order chi connectivity index (χ0) is 46.4. The van der Waals surface area contributed by atoms with Gasteiger partial charge in [0, 0.05) is 40.8 Å². The van der Waals surface area contributed by atoms with Crippen molar-refractivity contribution in [3.8, 4) is 0 Å². The number of carbonyl (C=O) groups is 4. The Kier molecular flexibility index (Phi) is 13.9. The number of hydrogen-bond donors (Lipinski definition) is 2. The standard InChI is InChI=1S/C46H57F5N5O7PS/c1-4-18-62-44(60)27(2)53-64(61,63-26-46(49,50)51)40(48)29-10-15-38-30(19-29)20-39(65-38)41(57)52-36-13-11-33(54(3)35-21-32(47)22-35)23-34-12-14-37(56(34)42(36)58)43(59)55-25-31(24-45(55)16-17-45)28-8-6-5-7-9-28/h5-10,15,19-20,27,31-37,40H,4,11-14,16-18,21-26H2,1-3H3,(H,52,57)(H,53,61)/t27-,31+,32?,33-,34+,35?,36-,37-,40-,64?/m0/s1. The largest absolute Gasteiger partial charge is 0.465 e. The number of thiophene rings is 1. The molecule has 65 heavy (non-hydrogen) atoms. The van der Waals surface area contributed by atoms with Crippen LogP contribution in [-0.2, 0) is 28.2 Å². The first-order valence-electron chi connectivity index (χ1n) is 22.7. The lowest BCUT2D eigenvalue weighted by Gasteiger charge is -2.45. The normalized spacial score (nSPS) is 28.3. The van der Waals surface area contributed by atoms with Crippen molar-refractivity contribution in [2.75, 3.05) is 26.8 Å².